The third-order valence-corrected chi connectivity index (χ3v) is 7.92. The summed E-state index contributed by atoms with van der Waals surface area (Å²) >= 11 is 0. The molecule has 4 atom stereocenters. The van der Waals surface area contributed by atoms with Crippen LogP contribution in [-0.4, -0.2) is 54.2 Å². The molecule has 0 aromatic heterocycles. The van der Waals surface area contributed by atoms with E-state index in [1.165, 1.54) is 37.3 Å². The number of hydrogen-bond acceptors (Lipinski definition) is 7. The van der Waals surface area contributed by atoms with Crippen molar-refractivity contribution in [3.8, 4) is 17.2 Å². The summed E-state index contributed by atoms with van der Waals surface area (Å²) in [5.41, 5.74) is 2.38. The van der Waals surface area contributed by atoms with Crippen LogP contribution in [0.4, 0.5) is 0 Å². The first-order chi connectivity index (χ1) is 17.2. The van der Waals surface area contributed by atoms with Crippen LogP contribution in [0.5, 0.6) is 17.2 Å². The van der Waals surface area contributed by atoms with Crippen LogP contribution < -0.4 is 9.47 Å². The number of carbonyl (C=O) groups excluding carboxylic acids is 4. The highest BCUT2D eigenvalue weighted by Crippen LogP contribution is 2.57. The Morgan fingerprint density at radius 3 is 2.31 bits per heavy atom. The zero-order valence-corrected chi connectivity index (χ0v) is 20.8. The summed E-state index contributed by atoms with van der Waals surface area (Å²) in [5, 5.41) is 10.2. The van der Waals surface area contributed by atoms with Crippen LogP contribution in [0.3, 0.4) is 0 Å². The van der Waals surface area contributed by atoms with Crippen LogP contribution >= 0.6 is 0 Å². The Labute approximate surface area is 209 Å². The molecule has 36 heavy (non-hydrogen) atoms. The lowest BCUT2D eigenvalue weighted by molar-refractivity contribution is -0.140. The van der Waals surface area contributed by atoms with Crippen molar-refractivity contribution in [1.29, 1.82) is 0 Å². The standard InChI is InChI=1S/C28H29NO7/c1-5-8-29-27(33)16-7-6-15-17(22(16)28(29)34)12-18-19(31)9-13(2)26(32)24(18)23(15)25-20(35-3)10-14(30)11-21(25)36-4/h6,9-11,16-17,22-23,30H,5,7-8,12H2,1-4H3. The number of phenols is 1. The number of likely N-dealkylation sites (tertiary alicyclic amines) is 1. The van der Waals surface area contributed by atoms with Gasteiger partial charge < -0.3 is 14.6 Å². The fourth-order valence-electron chi connectivity index (χ4n) is 6.41. The van der Waals surface area contributed by atoms with Gasteiger partial charge in [-0.25, -0.2) is 0 Å². The number of ether oxygens (including phenoxy) is 2. The maximum atomic E-state index is 13.5. The molecule has 188 valence electrons. The highest BCUT2D eigenvalue weighted by atomic mass is 16.5. The van der Waals surface area contributed by atoms with Crippen molar-refractivity contribution in [3.63, 3.8) is 0 Å². The summed E-state index contributed by atoms with van der Waals surface area (Å²) in [6.07, 6.45) is 4.56. The van der Waals surface area contributed by atoms with E-state index in [0.29, 0.717) is 53.2 Å². The summed E-state index contributed by atoms with van der Waals surface area (Å²) in [7, 11) is 2.92. The normalized spacial score (nSPS) is 27.4. The number of methoxy groups -OCH3 is 2. The first kappa shape index (κ1) is 24.0. The molecule has 8 nitrogen and oxygen atoms in total. The zero-order valence-electron chi connectivity index (χ0n) is 20.8. The molecule has 0 saturated carbocycles. The van der Waals surface area contributed by atoms with Crippen molar-refractivity contribution in [2.75, 3.05) is 20.8 Å². The maximum Gasteiger partial charge on any atom is 0.233 e. The van der Waals surface area contributed by atoms with Gasteiger partial charge in [0.15, 0.2) is 11.6 Å². The zero-order chi connectivity index (χ0) is 25.9. The van der Waals surface area contributed by atoms with Gasteiger partial charge in [0.2, 0.25) is 11.8 Å². The highest BCUT2D eigenvalue weighted by Gasteiger charge is 2.56. The second kappa shape index (κ2) is 8.76. The SMILES string of the molecule is CCCN1C(=O)C2CC=C3C(c4c(OC)cc(O)cc4OC)C4=C(CC3C2C1=O)C(=O)C=C(C)C4=O. The van der Waals surface area contributed by atoms with E-state index in [1.54, 1.807) is 6.92 Å². The number of hydrogen-bond donors (Lipinski definition) is 1. The molecule has 1 saturated heterocycles. The Morgan fingerprint density at radius 2 is 1.69 bits per heavy atom. The highest BCUT2D eigenvalue weighted by molar-refractivity contribution is 6.24. The van der Waals surface area contributed by atoms with E-state index in [0.717, 1.165) is 5.57 Å². The number of nitrogens with zero attached hydrogens (tertiary/aromatic N) is 1. The minimum absolute atomic E-state index is 0.0689. The second-order valence-corrected chi connectivity index (χ2v) is 9.82. The van der Waals surface area contributed by atoms with Crippen LogP contribution in [0.15, 0.2) is 46.6 Å². The molecule has 1 N–H and O–H groups in total. The van der Waals surface area contributed by atoms with Gasteiger partial charge in [0.05, 0.1) is 26.1 Å². The number of ketones is 2. The molecule has 2 amide bonds. The molecule has 0 spiro atoms. The number of rotatable bonds is 5. The van der Waals surface area contributed by atoms with Gasteiger partial charge in [-0.3, -0.25) is 24.1 Å². The van der Waals surface area contributed by atoms with E-state index in [-0.39, 0.29) is 35.6 Å². The minimum atomic E-state index is -0.714. The van der Waals surface area contributed by atoms with Crippen LogP contribution in [0.2, 0.25) is 0 Å². The Bertz CT molecular complexity index is 1280. The molecule has 1 fully saturated rings. The van der Waals surface area contributed by atoms with Crippen LogP contribution in [0.25, 0.3) is 0 Å². The number of benzene rings is 1. The number of phenolic OH excluding ortho intramolecular Hbond substituents is 1. The van der Waals surface area contributed by atoms with Gasteiger partial charge in [-0.05, 0) is 38.2 Å². The van der Waals surface area contributed by atoms with Crippen molar-refractivity contribution in [1.82, 2.24) is 4.90 Å². The molecule has 1 aromatic rings. The molecule has 1 heterocycles. The fraction of sp³-hybridized carbons (Fsp3) is 0.429. The van der Waals surface area contributed by atoms with Crippen molar-refractivity contribution in [2.45, 2.75) is 39.0 Å². The Morgan fingerprint density at radius 1 is 1.03 bits per heavy atom. The first-order valence-corrected chi connectivity index (χ1v) is 12.2. The number of amides is 2. The van der Waals surface area contributed by atoms with E-state index in [2.05, 4.69) is 0 Å². The van der Waals surface area contributed by atoms with Gasteiger partial charge in [0.25, 0.3) is 0 Å². The van der Waals surface area contributed by atoms with Crippen LogP contribution in [0.1, 0.15) is 44.6 Å². The monoisotopic (exact) mass is 491 g/mol. The Hall–Kier alpha value is -3.68. The summed E-state index contributed by atoms with van der Waals surface area (Å²) in [4.78, 5) is 54.7. The summed E-state index contributed by atoms with van der Waals surface area (Å²) in [6, 6.07) is 2.89. The lowest BCUT2D eigenvalue weighted by Gasteiger charge is -2.42. The average Bonchev–Trinajstić information content (AvgIpc) is 3.10. The van der Waals surface area contributed by atoms with E-state index < -0.39 is 23.7 Å². The quantitative estimate of drug-likeness (QED) is 0.382. The van der Waals surface area contributed by atoms with E-state index in [1.807, 2.05) is 13.0 Å². The number of Topliss-reactive ketones (excluding diaryl/α,β-unsaturated/α-hetero) is 1. The van der Waals surface area contributed by atoms with Crippen molar-refractivity contribution in [3.05, 3.63) is 52.1 Å². The largest absolute Gasteiger partial charge is 0.508 e. The lowest BCUT2D eigenvalue weighted by Crippen LogP contribution is -2.40. The van der Waals surface area contributed by atoms with E-state index >= 15 is 0 Å². The maximum absolute atomic E-state index is 13.5. The predicted molar refractivity (Wildman–Crippen MR) is 130 cm³/mol. The molecular weight excluding hydrogens is 462 g/mol. The van der Waals surface area contributed by atoms with Gasteiger partial charge in [-0.15, -0.1) is 0 Å². The average molecular weight is 492 g/mol. The number of allylic oxidation sites excluding steroid dienone is 6. The summed E-state index contributed by atoms with van der Waals surface area (Å²) < 4.78 is 11.2. The Kier molecular flexibility index (Phi) is 5.85. The first-order valence-electron chi connectivity index (χ1n) is 12.2. The van der Waals surface area contributed by atoms with E-state index in [9.17, 15) is 24.3 Å². The molecule has 1 aliphatic heterocycles. The summed E-state index contributed by atoms with van der Waals surface area (Å²) in [6.45, 7) is 3.90. The Balaban J connectivity index is 1.75. The van der Waals surface area contributed by atoms with Gasteiger partial charge in [-0.2, -0.15) is 0 Å². The molecule has 1 aromatic carbocycles. The molecule has 4 unspecified atom stereocenters. The molecule has 3 aliphatic carbocycles. The smallest absolute Gasteiger partial charge is 0.233 e. The van der Waals surface area contributed by atoms with Gasteiger partial charge in [-0.1, -0.05) is 18.6 Å². The number of fused-ring (bicyclic) bond motifs is 3. The van der Waals surface area contributed by atoms with Crippen molar-refractivity contribution in [2.24, 2.45) is 17.8 Å². The summed E-state index contributed by atoms with van der Waals surface area (Å²) in [5.74, 6) is -2.53. The van der Waals surface area contributed by atoms with Crippen LogP contribution in [-0.2, 0) is 19.2 Å². The molecular formula is C28H29NO7. The molecule has 0 radical (unpaired) electrons. The molecule has 0 bridgehead atoms. The molecule has 8 heteroatoms. The van der Waals surface area contributed by atoms with Crippen molar-refractivity contribution >= 4 is 23.4 Å². The topological polar surface area (TPSA) is 110 Å². The van der Waals surface area contributed by atoms with E-state index in [4.69, 9.17) is 9.47 Å². The second-order valence-electron chi connectivity index (χ2n) is 9.82. The number of imide groups is 1. The number of carbonyl (C=O) groups is 4. The molecule has 5 rings (SSSR count). The fourth-order valence-corrected chi connectivity index (χ4v) is 6.41. The predicted octanol–water partition coefficient (Wildman–Crippen LogP) is 3.25. The van der Waals surface area contributed by atoms with Gasteiger partial charge >= 0.3 is 0 Å². The van der Waals surface area contributed by atoms with Gasteiger partial charge in [0, 0.05) is 46.9 Å². The van der Waals surface area contributed by atoms with Gasteiger partial charge in [0.1, 0.15) is 17.2 Å². The third-order valence-electron chi connectivity index (χ3n) is 7.92. The van der Waals surface area contributed by atoms with Crippen LogP contribution in [0, 0.1) is 17.8 Å². The lowest BCUT2D eigenvalue weighted by atomic mass is 9.59. The van der Waals surface area contributed by atoms with Crippen molar-refractivity contribution < 1.29 is 33.8 Å². The minimum Gasteiger partial charge on any atom is -0.508 e. The molecule has 4 aliphatic rings. The number of aromatic hydroxyl groups is 1. The third kappa shape index (κ3) is 3.34.